The Morgan fingerprint density at radius 2 is 1.95 bits per heavy atom. The van der Waals surface area contributed by atoms with Gasteiger partial charge in [-0.1, -0.05) is 22.0 Å². The normalized spacial score (nSPS) is 12.8. The largest absolute Gasteiger partial charge is 0.459 e. The number of hydrogen-bond acceptors (Lipinski definition) is 2. The van der Waals surface area contributed by atoms with Crippen LogP contribution in [0.5, 0.6) is 0 Å². The fourth-order valence-corrected chi connectivity index (χ4v) is 2.93. The number of fused-ring (bicyclic) bond motifs is 1. The molecule has 1 aromatic heterocycles. The maximum atomic E-state index is 13.3. The zero-order valence-electron chi connectivity index (χ0n) is 11.8. The first-order valence-electron chi connectivity index (χ1n) is 6.71. The molecule has 0 aliphatic heterocycles. The van der Waals surface area contributed by atoms with Gasteiger partial charge in [-0.15, -0.1) is 0 Å². The first kappa shape index (κ1) is 14.3. The molecule has 4 heteroatoms. The van der Waals surface area contributed by atoms with Crippen molar-refractivity contribution in [3.63, 3.8) is 0 Å². The summed E-state index contributed by atoms with van der Waals surface area (Å²) < 4.78 is 20.2. The average molecular weight is 348 g/mol. The van der Waals surface area contributed by atoms with Gasteiger partial charge in [-0.05, 0) is 61.5 Å². The van der Waals surface area contributed by atoms with Crippen LogP contribution in [-0.4, -0.2) is 7.05 Å². The summed E-state index contributed by atoms with van der Waals surface area (Å²) in [6, 6.07) is 12.5. The highest BCUT2D eigenvalue weighted by Crippen LogP contribution is 2.31. The van der Waals surface area contributed by atoms with E-state index in [9.17, 15) is 4.39 Å². The van der Waals surface area contributed by atoms with E-state index in [-0.39, 0.29) is 11.9 Å². The Balaban J connectivity index is 2.11. The van der Waals surface area contributed by atoms with Crippen LogP contribution >= 0.6 is 15.9 Å². The molecule has 0 amide bonds. The highest BCUT2D eigenvalue weighted by atomic mass is 79.9. The monoisotopic (exact) mass is 347 g/mol. The summed E-state index contributed by atoms with van der Waals surface area (Å²) in [5.74, 6) is 0.522. The Hall–Kier alpha value is -1.65. The third kappa shape index (κ3) is 2.74. The Labute approximate surface area is 131 Å². The van der Waals surface area contributed by atoms with E-state index in [1.54, 1.807) is 6.07 Å². The number of hydrogen-bond donors (Lipinski definition) is 1. The molecule has 0 aliphatic carbocycles. The maximum absolute atomic E-state index is 13.3. The molecular weight excluding hydrogens is 333 g/mol. The van der Waals surface area contributed by atoms with E-state index < -0.39 is 0 Å². The SMILES string of the molecule is CNC(c1cc2cc(F)ccc2o1)c1cc(Br)ccc1C. The lowest BCUT2D eigenvalue weighted by molar-refractivity contribution is 0.490. The molecule has 0 saturated carbocycles. The first-order chi connectivity index (χ1) is 10.1. The second kappa shape index (κ2) is 5.62. The molecule has 1 unspecified atom stereocenters. The molecule has 0 saturated heterocycles. The highest BCUT2D eigenvalue weighted by molar-refractivity contribution is 9.10. The van der Waals surface area contributed by atoms with Gasteiger partial charge in [0.1, 0.15) is 17.2 Å². The van der Waals surface area contributed by atoms with Gasteiger partial charge in [-0.25, -0.2) is 4.39 Å². The third-order valence-electron chi connectivity index (χ3n) is 3.62. The minimum Gasteiger partial charge on any atom is -0.459 e. The van der Waals surface area contributed by atoms with Crippen molar-refractivity contribution >= 4 is 26.9 Å². The molecular formula is C17H15BrFNO. The summed E-state index contributed by atoms with van der Waals surface area (Å²) in [6.45, 7) is 2.06. The second-order valence-electron chi connectivity index (χ2n) is 5.05. The number of aryl methyl sites for hydroxylation is 1. The van der Waals surface area contributed by atoms with Crippen LogP contribution in [0.25, 0.3) is 11.0 Å². The average Bonchev–Trinajstić information content (AvgIpc) is 2.86. The van der Waals surface area contributed by atoms with Gasteiger partial charge in [0, 0.05) is 9.86 Å². The van der Waals surface area contributed by atoms with Gasteiger partial charge in [-0.3, -0.25) is 0 Å². The maximum Gasteiger partial charge on any atom is 0.134 e. The summed E-state index contributed by atoms with van der Waals surface area (Å²) in [6.07, 6.45) is 0. The molecule has 1 atom stereocenters. The lowest BCUT2D eigenvalue weighted by atomic mass is 9.99. The lowest BCUT2D eigenvalue weighted by Crippen LogP contribution is -2.18. The summed E-state index contributed by atoms with van der Waals surface area (Å²) in [4.78, 5) is 0. The molecule has 0 fully saturated rings. The van der Waals surface area contributed by atoms with Crippen LogP contribution in [0.3, 0.4) is 0 Å². The van der Waals surface area contributed by atoms with Gasteiger partial charge in [0.15, 0.2) is 0 Å². The molecule has 0 bridgehead atoms. The van der Waals surface area contributed by atoms with Crippen molar-refractivity contribution in [2.75, 3.05) is 7.05 Å². The number of halogens is 2. The minimum atomic E-state index is -0.255. The van der Waals surface area contributed by atoms with Gasteiger partial charge in [-0.2, -0.15) is 0 Å². The topological polar surface area (TPSA) is 25.2 Å². The smallest absolute Gasteiger partial charge is 0.134 e. The molecule has 1 N–H and O–H groups in total. The number of rotatable bonds is 3. The van der Waals surface area contributed by atoms with Crippen molar-refractivity contribution in [3.8, 4) is 0 Å². The van der Waals surface area contributed by atoms with Gasteiger partial charge in [0.2, 0.25) is 0 Å². The minimum absolute atomic E-state index is 0.0713. The van der Waals surface area contributed by atoms with Gasteiger partial charge in [0.25, 0.3) is 0 Å². The molecule has 2 aromatic carbocycles. The number of nitrogens with one attached hydrogen (secondary N) is 1. The van der Waals surface area contributed by atoms with Gasteiger partial charge < -0.3 is 9.73 Å². The number of benzene rings is 2. The van der Waals surface area contributed by atoms with Crippen molar-refractivity contribution < 1.29 is 8.81 Å². The first-order valence-corrected chi connectivity index (χ1v) is 7.50. The van der Waals surface area contributed by atoms with E-state index in [1.165, 1.54) is 17.7 Å². The molecule has 2 nitrogen and oxygen atoms in total. The van der Waals surface area contributed by atoms with Crippen LogP contribution in [0.4, 0.5) is 4.39 Å². The summed E-state index contributed by atoms with van der Waals surface area (Å²) >= 11 is 3.50. The summed E-state index contributed by atoms with van der Waals surface area (Å²) in [5, 5.41) is 4.05. The zero-order chi connectivity index (χ0) is 15.0. The Morgan fingerprint density at radius 3 is 2.71 bits per heavy atom. The molecule has 3 aromatic rings. The third-order valence-corrected chi connectivity index (χ3v) is 4.12. The van der Waals surface area contributed by atoms with Crippen molar-refractivity contribution in [2.24, 2.45) is 0 Å². The Bertz CT molecular complexity index is 797. The van der Waals surface area contributed by atoms with Crippen LogP contribution in [0.2, 0.25) is 0 Å². The molecule has 0 radical (unpaired) electrons. The lowest BCUT2D eigenvalue weighted by Gasteiger charge is -2.17. The Morgan fingerprint density at radius 1 is 1.14 bits per heavy atom. The van der Waals surface area contributed by atoms with E-state index in [0.29, 0.717) is 5.58 Å². The van der Waals surface area contributed by atoms with E-state index >= 15 is 0 Å². The number of furan rings is 1. The molecule has 1 heterocycles. The van der Waals surface area contributed by atoms with Crippen LogP contribution in [0.1, 0.15) is 22.9 Å². The molecule has 0 aliphatic rings. The molecule has 3 rings (SSSR count). The predicted molar refractivity (Wildman–Crippen MR) is 86.0 cm³/mol. The zero-order valence-corrected chi connectivity index (χ0v) is 13.4. The van der Waals surface area contributed by atoms with E-state index in [2.05, 4.69) is 40.3 Å². The fraction of sp³-hybridized carbons (Fsp3) is 0.176. The van der Waals surface area contributed by atoms with Crippen molar-refractivity contribution in [1.29, 1.82) is 0 Å². The summed E-state index contributed by atoms with van der Waals surface area (Å²) in [7, 11) is 1.89. The van der Waals surface area contributed by atoms with E-state index in [4.69, 9.17) is 4.42 Å². The van der Waals surface area contributed by atoms with Crippen LogP contribution in [0, 0.1) is 12.7 Å². The standard InChI is InChI=1S/C17H15BrFNO/c1-10-3-4-12(18)9-14(10)17(20-2)16-8-11-7-13(19)5-6-15(11)21-16/h3-9,17,20H,1-2H3. The fourth-order valence-electron chi connectivity index (χ4n) is 2.55. The predicted octanol–water partition coefficient (Wildman–Crippen LogP) is 4.95. The second-order valence-corrected chi connectivity index (χ2v) is 5.97. The molecule has 108 valence electrons. The van der Waals surface area contributed by atoms with Gasteiger partial charge in [0.05, 0.1) is 6.04 Å². The van der Waals surface area contributed by atoms with Crippen molar-refractivity contribution in [3.05, 3.63) is 69.6 Å². The van der Waals surface area contributed by atoms with Crippen molar-refractivity contribution in [1.82, 2.24) is 5.32 Å². The van der Waals surface area contributed by atoms with Gasteiger partial charge >= 0.3 is 0 Å². The van der Waals surface area contributed by atoms with Crippen LogP contribution in [0.15, 0.2) is 51.4 Å². The Kier molecular flexibility index (Phi) is 3.83. The van der Waals surface area contributed by atoms with Crippen LogP contribution in [-0.2, 0) is 0 Å². The molecule has 0 spiro atoms. The van der Waals surface area contributed by atoms with Crippen LogP contribution < -0.4 is 5.32 Å². The van der Waals surface area contributed by atoms with E-state index in [0.717, 1.165) is 21.2 Å². The highest BCUT2D eigenvalue weighted by Gasteiger charge is 2.19. The molecule has 21 heavy (non-hydrogen) atoms. The quantitative estimate of drug-likeness (QED) is 0.724. The van der Waals surface area contributed by atoms with E-state index in [1.807, 2.05) is 19.2 Å². The summed E-state index contributed by atoms with van der Waals surface area (Å²) in [5.41, 5.74) is 3.00. The van der Waals surface area contributed by atoms with Crippen molar-refractivity contribution in [2.45, 2.75) is 13.0 Å².